The fourth-order valence-electron chi connectivity index (χ4n) is 3.27. The number of Topliss-reactive ketones (excluding diaryl/α,β-unsaturated/α-hetero) is 1. The quantitative estimate of drug-likeness (QED) is 0.751. The molecule has 1 N–H and O–H groups in total. The lowest BCUT2D eigenvalue weighted by molar-refractivity contribution is -0.129. The third-order valence-corrected chi connectivity index (χ3v) is 4.48. The highest BCUT2D eigenvalue weighted by Crippen LogP contribution is 2.41. The zero-order valence-electron chi connectivity index (χ0n) is 15.4. The number of hydrogen-bond donors (Lipinski definition) is 1. The van der Waals surface area contributed by atoms with Gasteiger partial charge in [0.15, 0.2) is 23.0 Å². The highest BCUT2D eigenvalue weighted by atomic mass is 16.5. The summed E-state index contributed by atoms with van der Waals surface area (Å²) in [5.41, 5.74) is 0.629. The lowest BCUT2D eigenvalue weighted by atomic mass is 9.94. The van der Waals surface area contributed by atoms with Gasteiger partial charge in [-0.15, -0.1) is 0 Å². The Hall–Kier alpha value is -3.22. The van der Waals surface area contributed by atoms with Crippen molar-refractivity contribution < 1.29 is 28.6 Å². The normalized spacial score (nSPS) is 16.8. The molecule has 1 aliphatic heterocycles. The first-order valence-electron chi connectivity index (χ1n) is 8.57. The number of benzene rings is 1. The van der Waals surface area contributed by atoms with Gasteiger partial charge in [0.05, 0.1) is 32.1 Å². The standard InChI is InChI=1S/C20H21NO6/c1-4-9-21-17(12-7-8-13(25-2)15(11-12)26-3)16(19(23)20(21)24)18(22)14-6-5-10-27-14/h5-8,10-11,17,23H,4,9H2,1-3H3. The number of methoxy groups -OCH3 is 2. The predicted molar refractivity (Wildman–Crippen MR) is 97.0 cm³/mol. The van der Waals surface area contributed by atoms with Gasteiger partial charge in [-0.2, -0.15) is 0 Å². The van der Waals surface area contributed by atoms with Crippen LogP contribution in [0.15, 0.2) is 52.3 Å². The monoisotopic (exact) mass is 371 g/mol. The first-order valence-corrected chi connectivity index (χ1v) is 8.57. The minimum atomic E-state index is -0.741. The number of aliphatic hydroxyl groups excluding tert-OH is 1. The number of ketones is 1. The van der Waals surface area contributed by atoms with Crippen LogP contribution in [0.5, 0.6) is 11.5 Å². The van der Waals surface area contributed by atoms with Crippen LogP contribution < -0.4 is 9.47 Å². The van der Waals surface area contributed by atoms with Crippen LogP contribution in [0.2, 0.25) is 0 Å². The Morgan fingerprint density at radius 1 is 1.22 bits per heavy atom. The summed E-state index contributed by atoms with van der Waals surface area (Å²) in [7, 11) is 3.03. The molecule has 0 saturated heterocycles. The molecule has 142 valence electrons. The van der Waals surface area contributed by atoms with Gasteiger partial charge >= 0.3 is 0 Å². The molecule has 27 heavy (non-hydrogen) atoms. The van der Waals surface area contributed by atoms with Crippen molar-refractivity contribution >= 4 is 11.7 Å². The SMILES string of the molecule is CCCN1C(=O)C(O)=C(C(=O)c2ccco2)C1c1ccc(OC)c(OC)c1. The number of hydrogen-bond acceptors (Lipinski definition) is 6. The molecule has 0 spiro atoms. The Bertz CT molecular complexity index is 884. The van der Waals surface area contributed by atoms with Crippen molar-refractivity contribution in [1.29, 1.82) is 0 Å². The van der Waals surface area contributed by atoms with Crippen LogP contribution in [0.25, 0.3) is 0 Å². The van der Waals surface area contributed by atoms with Crippen LogP contribution in [0.3, 0.4) is 0 Å². The molecule has 7 heteroatoms. The van der Waals surface area contributed by atoms with E-state index in [1.54, 1.807) is 24.3 Å². The number of rotatable bonds is 7. The molecule has 1 aromatic carbocycles. The summed E-state index contributed by atoms with van der Waals surface area (Å²) in [4.78, 5) is 27.0. The molecule has 1 amide bonds. The molecule has 0 aliphatic carbocycles. The highest BCUT2D eigenvalue weighted by Gasteiger charge is 2.44. The smallest absolute Gasteiger partial charge is 0.290 e. The number of carbonyl (C=O) groups excluding carboxylic acids is 2. The van der Waals surface area contributed by atoms with Crippen molar-refractivity contribution in [3.63, 3.8) is 0 Å². The first-order chi connectivity index (χ1) is 13.0. The van der Waals surface area contributed by atoms with Gasteiger partial charge in [0.25, 0.3) is 5.91 Å². The van der Waals surface area contributed by atoms with Gasteiger partial charge in [-0.3, -0.25) is 9.59 Å². The van der Waals surface area contributed by atoms with E-state index in [0.717, 1.165) is 0 Å². The molecule has 1 aliphatic rings. The molecular formula is C20H21NO6. The number of nitrogens with zero attached hydrogens (tertiary/aromatic N) is 1. The van der Waals surface area contributed by atoms with E-state index in [0.29, 0.717) is 30.0 Å². The van der Waals surface area contributed by atoms with Gasteiger partial charge in [0, 0.05) is 6.54 Å². The maximum Gasteiger partial charge on any atom is 0.290 e. The second-order valence-corrected chi connectivity index (χ2v) is 6.08. The van der Waals surface area contributed by atoms with Crippen LogP contribution in [0, 0.1) is 0 Å². The van der Waals surface area contributed by atoms with Crippen LogP contribution in [0.1, 0.15) is 35.5 Å². The maximum absolute atomic E-state index is 12.9. The molecular weight excluding hydrogens is 350 g/mol. The van der Waals surface area contributed by atoms with Gasteiger partial charge in [-0.25, -0.2) is 0 Å². The average molecular weight is 371 g/mol. The number of amides is 1. The second kappa shape index (κ2) is 7.57. The Labute approximate surface area is 156 Å². The van der Waals surface area contributed by atoms with Crippen molar-refractivity contribution in [2.45, 2.75) is 19.4 Å². The largest absolute Gasteiger partial charge is 0.503 e. The van der Waals surface area contributed by atoms with E-state index < -0.39 is 23.5 Å². The van der Waals surface area contributed by atoms with E-state index in [2.05, 4.69) is 0 Å². The predicted octanol–water partition coefficient (Wildman–Crippen LogP) is 3.29. The van der Waals surface area contributed by atoms with Crippen molar-refractivity contribution in [2.75, 3.05) is 20.8 Å². The van der Waals surface area contributed by atoms with Crippen LogP contribution in [-0.2, 0) is 4.79 Å². The summed E-state index contributed by atoms with van der Waals surface area (Å²) in [5, 5.41) is 10.5. The molecule has 0 saturated carbocycles. The summed E-state index contributed by atoms with van der Waals surface area (Å²) >= 11 is 0. The van der Waals surface area contributed by atoms with E-state index in [4.69, 9.17) is 13.9 Å². The summed E-state index contributed by atoms with van der Waals surface area (Å²) in [6.45, 7) is 2.30. The number of furan rings is 1. The minimum absolute atomic E-state index is 0.00406. The Balaban J connectivity index is 2.12. The number of carbonyl (C=O) groups is 2. The van der Waals surface area contributed by atoms with Crippen LogP contribution in [0.4, 0.5) is 0 Å². The maximum atomic E-state index is 12.9. The molecule has 2 heterocycles. The van der Waals surface area contributed by atoms with Gasteiger partial charge in [0.2, 0.25) is 5.78 Å². The third kappa shape index (κ3) is 3.16. The Morgan fingerprint density at radius 2 is 1.96 bits per heavy atom. The zero-order valence-corrected chi connectivity index (χ0v) is 15.4. The van der Waals surface area contributed by atoms with Gasteiger partial charge in [-0.05, 0) is 36.2 Å². The fourth-order valence-corrected chi connectivity index (χ4v) is 3.27. The van der Waals surface area contributed by atoms with Crippen LogP contribution >= 0.6 is 0 Å². The van der Waals surface area contributed by atoms with Crippen molar-refractivity contribution in [3.05, 3.63) is 59.3 Å². The van der Waals surface area contributed by atoms with Crippen molar-refractivity contribution in [1.82, 2.24) is 4.90 Å². The van der Waals surface area contributed by atoms with E-state index in [1.807, 2.05) is 6.92 Å². The molecule has 0 bridgehead atoms. The van der Waals surface area contributed by atoms with Gasteiger partial charge < -0.3 is 23.9 Å². The summed E-state index contributed by atoms with van der Waals surface area (Å²) in [6.07, 6.45) is 2.04. The summed E-state index contributed by atoms with van der Waals surface area (Å²) < 4.78 is 15.8. The van der Waals surface area contributed by atoms with Crippen molar-refractivity contribution in [2.24, 2.45) is 0 Å². The lowest BCUT2D eigenvalue weighted by Gasteiger charge is -2.26. The van der Waals surface area contributed by atoms with E-state index in [9.17, 15) is 14.7 Å². The number of aliphatic hydroxyl groups is 1. The van der Waals surface area contributed by atoms with E-state index in [-0.39, 0.29) is 11.3 Å². The van der Waals surface area contributed by atoms with E-state index >= 15 is 0 Å². The highest BCUT2D eigenvalue weighted by molar-refractivity contribution is 6.15. The minimum Gasteiger partial charge on any atom is -0.503 e. The molecule has 3 rings (SSSR count). The molecule has 0 fully saturated rings. The topological polar surface area (TPSA) is 89.2 Å². The van der Waals surface area contributed by atoms with Gasteiger partial charge in [-0.1, -0.05) is 13.0 Å². The van der Waals surface area contributed by atoms with E-state index in [1.165, 1.54) is 31.4 Å². The average Bonchev–Trinajstić information content (AvgIpc) is 3.30. The fraction of sp³-hybridized carbons (Fsp3) is 0.300. The Kier molecular flexibility index (Phi) is 5.21. The molecule has 7 nitrogen and oxygen atoms in total. The summed E-state index contributed by atoms with van der Waals surface area (Å²) in [6, 6.07) is 7.49. The molecule has 2 aromatic rings. The molecule has 1 atom stereocenters. The number of ether oxygens (including phenoxy) is 2. The second-order valence-electron chi connectivity index (χ2n) is 6.08. The van der Waals surface area contributed by atoms with Crippen molar-refractivity contribution in [3.8, 4) is 11.5 Å². The molecule has 1 unspecified atom stereocenters. The zero-order chi connectivity index (χ0) is 19.6. The van der Waals surface area contributed by atoms with Crippen LogP contribution in [-0.4, -0.2) is 42.5 Å². The molecule has 0 radical (unpaired) electrons. The lowest BCUT2D eigenvalue weighted by Crippen LogP contribution is -2.31. The first kappa shape index (κ1) is 18.6. The van der Waals surface area contributed by atoms with Gasteiger partial charge in [0.1, 0.15) is 0 Å². The molecule has 1 aromatic heterocycles. The Morgan fingerprint density at radius 3 is 2.56 bits per heavy atom. The summed E-state index contributed by atoms with van der Waals surface area (Å²) in [5.74, 6) is -0.594. The third-order valence-electron chi connectivity index (χ3n) is 4.48.